The summed E-state index contributed by atoms with van der Waals surface area (Å²) >= 11 is 0. The van der Waals surface area contributed by atoms with Crippen LogP contribution in [-0.4, -0.2) is 34.3 Å². The monoisotopic (exact) mass is 398 g/mol. The summed E-state index contributed by atoms with van der Waals surface area (Å²) < 4.78 is 5.48. The highest BCUT2D eigenvalue weighted by Crippen LogP contribution is 2.30. The number of fused-ring (bicyclic) bond motifs is 3. The molecule has 1 aliphatic heterocycles. The van der Waals surface area contributed by atoms with Gasteiger partial charge in [0, 0.05) is 29.1 Å². The molecule has 0 bridgehead atoms. The lowest BCUT2D eigenvalue weighted by molar-refractivity contribution is 0.0739. The minimum atomic E-state index is -0.487. The number of nitrogens with one attached hydrogen (secondary N) is 1. The smallest absolute Gasteiger partial charge is 0.410 e. The number of ether oxygens (including phenoxy) is 1. The average molecular weight is 398 g/mol. The van der Waals surface area contributed by atoms with Gasteiger partial charge in [-0.25, -0.2) is 4.79 Å². The van der Waals surface area contributed by atoms with Gasteiger partial charge in [0.1, 0.15) is 6.61 Å². The summed E-state index contributed by atoms with van der Waals surface area (Å²) in [6.45, 7) is 0.742. The van der Waals surface area contributed by atoms with E-state index in [0.29, 0.717) is 18.5 Å². The first-order chi connectivity index (χ1) is 14.7. The Morgan fingerprint density at radius 1 is 0.967 bits per heavy atom. The molecule has 1 aromatic heterocycles. The second-order valence-electron chi connectivity index (χ2n) is 7.67. The largest absolute Gasteiger partial charge is 0.445 e. The van der Waals surface area contributed by atoms with Gasteiger partial charge >= 0.3 is 6.09 Å². The third-order valence-electron chi connectivity index (χ3n) is 5.84. The molecule has 30 heavy (non-hydrogen) atoms. The molecule has 5 heteroatoms. The van der Waals surface area contributed by atoms with Crippen molar-refractivity contribution < 1.29 is 14.3 Å². The van der Waals surface area contributed by atoms with Crippen LogP contribution in [-0.2, 0) is 11.3 Å². The lowest BCUT2D eigenvalue weighted by Gasteiger charge is -2.23. The van der Waals surface area contributed by atoms with Gasteiger partial charge in [0.2, 0.25) is 0 Å². The molecule has 1 N–H and O–H groups in total. The summed E-state index contributed by atoms with van der Waals surface area (Å²) in [5.41, 5.74) is 2.51. The fraction of sp³-hybridized carbons (Fsp3) is 0.200. The number of ketones is 1. The number of amides is 1. The molecule has 1 fully saturated rings. The zero-order chi connectivity index (χ0) is 20.5. The fourth-order valence-corrected chi connectivity index (χ4v) is 4.32. The van der Waals surface area contributed by atoms with E-state index in [9.17, 15) is 9.59 Å². The second-order valence-corrected chi connectivity index (χ2v) is 7.67. The number of Topliss-reactive ketones (excluding diaryl/α,β-unsaturated/α-hetero) is 1. The van der Waals surface area contributed by atoms with Crippen molar-refractivity contribution in [3.8, 4) is 0 Å². The van der Waals surface area contributed by atoms with Crippen LogP contribution in [0.2, 0.25) is 0 Å². The van der Waals surface area contributed by atoms with Crippen LogP contribution in [0.15, 0.2) is 72.9 Å². The van der Waals surface area contributed by atoms with Crippen LogP contribution >= 0.6 is 0 Å². The van der Waals surface area contributed by atoms with Crippen LogP contribution in [0.3, 0.4) is 0 Å². The summed E-state index contributed by atoms with van der Waals surface area (Å²) in [5, 5.41) is 3.10. The lowest BCUT2D eigenvalue weighted by Crippen LogP contribution is -2.40. The van der Waals surface area contributed by atoms with E-state index in [1.165, 1.54) is 0 Å². The maximum atomic E-state index is 13.4. The first-order valence-corrected chi connectivity index (χ1v) is 10.2. The van der Waals surface area contributed by atoms with Gasteiger partial charge in [-0.1, -0.05) is 66.7 Å². The molecule has 0 spiro atoms. The zero-order valence-electron chi connectivity index (χ0n) is 16.5. The standard InChI is InChI=1S/C25H22N2O3/c28-24(21-15-26-23-19-10-5-4-9-18(19)12-13-20(21)23)22-11-6-14-27(22)25(29)30-16-17-7-2-1-3-8-17/h1-5,7-10,12-13,15,22,26H,6,11,14,16H2/t22-/m0/s1. The SMILES string of the molecule is O=C(c1c[nH]c2c1ccc1ccccc12)[C@@H]1CCCN1C(=O)OCc1ccccc1. The Labute approximate surface area is 174 Å². The van der Waals surface area contributed by atoms with E-state index in [1.807, 2.05) is 60.7 Å². The maximum absolute atomic E-state index is 13.4. The number of likely N-dealkylation sites (tertiary alicyclic amines) is 1. The topological polar surface area (TPSA) is 62.4 Å². The van der Waals surface area contributed by atoms with Crippen molar-refractivity contribution in [3.63, 3.8) is 0 Å². The molecule has 1 atom stereocenters. The summed E-state index contributed by atoms with van der Waals surface area (Å²) in [7, 11) is 0. The van der Waals surface area contributed by atoms with Gasteiger partial charge in [-0.15, -0.1) is 0 Å². The molecule has 150 valence electrons. The van der Waals surface area contributed by atoms with Crippen LogP contribution in [0.25, 0.3) is 21.7 Å². The number of aromatic amines is 1. The number of H-pyrrole nitrogens is 1. The van der Waals surface area contributed by atoms with Gasteiger partial charge in [0.05, 0.1) is 11.6 Å². The summed E-state index contributed by atoms with van der Waals surface area (Å²) in [5.74, 6) is -0.0364. The molecule has 5 nitrogen and oxygen atoms in total. The minimum absolute atomic E-state index is 0.0364. The van der Waals surface area contributed by atoms with Crippen molar-refractivity contribution in [2.45, 2.75) is 25.5 Å². The molecule has 1 amide bonds. The number of hydrogen-bond acceptors (Lipinski definition) is 3. The van der Waals surface area contributed by atoms with E-state index in [0.717, 1.165) is 33.7 Å². The zero-order valence-corrected chi connectivity index (χ0v) is 16.5. The molecule has 0 unspecified atom stereocenters. The first kappa shape index (κ1) is 18.4. The van der Waals surface area contributed by atoms with Crippen molar-refractivity contribution in [1.29, 1.82) is 0 Å². The minimum Gasteiger partial charge on any atom is -0.445 e. The van der Waals surface area contributed by atoms with E-state index < -0.39 is 12.1 Å². The third-order valence-corrected chi connectivity index (χ3v) is 5.84. The van der Waals surface area contributed by atoms with E-state index in [-0.39, 0.29) is 12.4 Å². The van der Waals surface area contributed by atoms with Crippen molar-refractivity contribution in [1.82, 2.24) is 9.88 Å². The number of rotatable bonds is 4. The molecule has 3 aromatic carbocycles. The van der Waals surface area contributed by atoms with E-state index in [1.54, 1.807) is 11.1 Å². The summed E-state index contributed by atoms with van der Waals surface area (Å²) in [4.78, 5) is 30.9. The van der Waals surface area contributed by atoms with Crippen molar-refractivity contribution in [3.05, 3.63) is 84.1 Å². The summed E-state index contributed by atoms with van der Waals surface area (Å²) in [6.07, 6.45) is 2.78. The lowest BCUT2D eigenvalue weighted by atomic mass is 9.99. The molecule has 5 rings (SSSR count). The van der Waals surface area contributed by atoms with E-state index in [2.05, 4.69) is 11.1 Å². The Balaban J connectivity index is 1.38. The number of nitrogens with zero attached hydrogens (tertiary/aromatic N) is 1. The third kappa shape index (κ3) is 3.22. The molecule has 1 aliphatic rings. The van der Waals surface area contributed by atoms with E-state index >= 15 is 0 Å². The number of aromatic nitrogens is 1. The molecule has 0 saturated carbocycles. The van der Waals surface area contributed by atoms with Crippen LogP contribution in [0.5, 0.6) is 0 Å². The summed E-state index contributed by atoms with van der Waals surface area (Å²) in [6, 6.07) is 21.2. The molecule has 1 saturated heterocycles. The van der Waals surface area contributed by atoms with Gasteiger partial charge in [-0.2, -0.15) is 0 Å². The number of benzene rings is 3. The highest BCUT2D eigenvalue weighted by atomic mass is 16.6. The highest BCUT2D eigenvalue weighted by Gasteiger charge is 2.36. The predicted octanol–water partition coefficient (Wildman–Crippen LogP) is 5.31. The number of carbonyl (C=O) groups excluding carboxylic acids is 2. The van der Waals surface area contributed by atoms with Gasteiger partial charge < -0.3 is 9.72 Å². The van der Waals surface area contributed by atoms with Crippen LogP contribution in [0.4, 0.5) is 4.79 Å². The Morgan fingerprint density at radius 2 is 1.77 bits per heavy atom. The fourth-order valence-electron chi connectivity index (χ4n) is 4.32. The predicted molar refractivity (Wildman–Crippen MR) is 116 cm³/mol. The van der Waals surface area contributed by atoms with Gasteiger partial charge in [0.25, 0.3) is 0 Å². The van der Waals surface area contributed by atoms with E-state index in [4.69, 9.17) is 4.74 Å². The Bertz CT molecular complexity index is 1230. The normalized spacial score (nSPS) is 16.3. The Kier molecular flexibility index (Phi) is 4.71. The van der Waals surface area contributed by atoms with Crippen molar-refractivity contribution in [2.75, 3.05) is 6.54 Å². The molecule has 0 radical (unpaired) electrons. The van der Waals surface area contributed by atoms with Crippen LogP contribution in [0.1, 0.15) is 28.8 Å². The Hall–Kier alpha value is -3.60. The molecule has 2 heterocycles. The number of hydrogen-bond donors (Lipinski definition) is 1. The first-order valence-electron chi connectivity index (χ1n) is 10.2. The average Bonchev–Trinajstić information content (AvgIpc) is 3.45. The highest BCUT2D eigenvalue weighted by molar-refractivity contribution is 6.16. The molecular weight excluding hydrogens is 376 g/mol. The maximum Gasteiger partial charge on any atom is 0.410 e. The molecule has 0 aliphatic carbocycles. The van der Waals surface area contributed by atoms with Crippen molar-refractivity contribution >= 4 is 33.6 Å². The quantitative estimate of drug-likeness (QED) is 0.474. The molecule has 4 aromatic rings. The van der Waals surface area contributed by atoms with Gasteiger partial charge in [-0.05, 0) is 23.8 Å². The molecular formula is C25H22N2O3. The van der Waals surface area contributed by atoms with Gasteiger partial charge in [0.15, 0.2) is 5.78 Å². The van der Waals surface area contributed by atoms with Crippen LogP contribution < -0.4 is 0 Å². The second kappa shape index (κ2) is 7.67. The van der Waals surface area contributed by atoms with Crippen molar-refractivity contribution in [2.24, 2.45) is 0 Å². The van der Waals surface area contributed by atoms with Crippen LogP contribution in [0, 0.1) is 0 Å². The Morgan fingerprint density at radius 3 is 2.63 bits per heavy atom. The van der Waals surface area contributed by atoms with Gasteiger partial charge in [-0.3, -0.25) is 9.69 Å². The number of carbonyl (C=O) groups is 2.